The van der Waals surface area contributed by atoms with Gasteiger partial charge in [0.25, 0.3) is 0 Å². The second-order valence-corrected chi connectivity index (χ2v) is 4.97. The number of halogens is 2. The van der Waals surface area contributed by atoms with Gasteiger partial charge in [0.15, 0.2) is 5.96 Å². The summed E-state index contributed by atoms with van der Waals surface area (Å²) >= 11 is 0. The number of hydrogen-bond acceptors (Lipinski definition) is 1. The fraction of sp³-hybridized carbons (Fsp3) is 0.533. The molecular formula is C15H23FIN3. The van der Waals surface area contributed by atoms with Gasteiger partial charge in [-0.05, 0) is 30.9 Å². The first kappa shape index (κ1) is 17.2. The fourth-order valence-corrected chi connectivity index (χ4v) is 2.47. The van der Waals surface area contributed by atoms with Gasteiger partial charge in [0.2, 0.25) is 0 Å². The van der Waals surface area contributed by atoms with Crippen LogP contribution in [-0.4, -0.2) is 25.6 Å². The van der Waals surface area contributed by atoms with Gasteiger partial charge in [-0.3, -0.25) is 4.99 Å². The Morgan fingerprint density at radius 1 is 1.30 bits per heavy atom. The van der Waals surface area contributed by atoms with Crippen molar-refractivity contribution in [3.8, 4) is 0 Å². The number of benzene rings is 1. The molecule has 0 saturated heterocycles. The first-order chi connectivity index (χ1) is 9.29. The molecule has 20 heavy (non-hydrogen) atoms. The summed E-state index contributed by atoms with van der Waals surface area (Å²) in [7, 11) is 1.77. The molecule has 1 fully saturated rings. The molecule has 112 valence electrons. The smallest absolute Gasteiger partial charge is 0.191 e. The molecule has 0 aliphatic heterocycles. The lowest BCUT2D eigenvalue weighted by molar-refractivity contribution is 0.599. The lowest BCUT2D eigenvalue weighted by atomic mass is 10.1. The van der Waals surface area contributed by atoms with E-state index in [-0.39, 0.29) is 29.8 Å². The largest absolute Gasteiger partial charge is 0.356 e. The van der Waals surface area contributed by atoms with Gasteiger partial charge in [-0.15, -0.1) is 24.0 Å². The van der Waals surface area contributed by atoms with Gasteiger partial charge in [-0.25, -0.2) is 4.39 Å². The Morgan fingerprint density at radius 2 is 2.00 bits per heavy atom. The van der Waals surface area contributed by atoms with Crippen LogP contribution in [0.15, 0.2) is 29.3 Å². The van der Waals surface area contributed by atoms with Gasteiger partial charge < -0.3 is 10.6 Å². The predicted molar refractivity (Wildman–Crippen MR) is 92.3 cm³/mol. The molecule has 1 aliphatic rings. The molecule has 0 atom stereocenters. The zero-order valence-corrected chi connectivity index (χ0v) is 14.2. The maximum atomic E-state index is 13.4. The van der Waals surface area contributed by atoms with E-state index >= 15 is 0 Å². The molecule has 1 saturated carbocycles. The first-order valence-electron chi connectivity index (χ1n) is 7.00. The van der Waals surface area contributed by atoms with Crippen LogP contribution in [0.4, 0.5) is 4.39 Å². The molecule has 1 aromatic rings. The average molecular weight is 391 g/mol. The van der Waals surface area contributed by atoms with Crippen LogP contribution in [0.3, 0.4) is 0 Å². The van der Waals surface area contributed by atoms with E-state index in [9.17, 15) is 4.39 Å². The summed E-state index contributed by atoms with van der Waals surface area (Å²) in [5.74, 6) is 0.686. The predicted octanol–water partition coefficient (Wildman–Crippen LogP) is 3.09. The van der Waals surface area contributed by atoms with E-state index in [4.69, 9.17) is 0 Å². The van der Waals surface area contributed by atoms with E-state index in [0.29, 0.717) is 19.0 Å². The minimum Gasteiger partial charge on any atom is -0.356 e. The molecule has 2 N–H and O–H groups in total. The summed E-state index contributed by atoms with van der Waals surface area (Å²) in [6.45, 7) is 0.688. The summed E-state index contributed by atoms with van der Waals surface area (Å²) < 4.78 is 13.4. The van der Waals surface area contributed by atoms with Crippen molar-refractivity contribution >= 4 is 29.9 Å². The molecule has 0 heterocycles. The summed E-state index contributed by atoms with van der Waals surface area (Å²) in [4.78, 5) is 4.21. The van der Waals surface area contributed by atoms with Crippen molar-refractivity contribution in [1.29, 1.82) is 0 Å². The van der Waals surface area contributed by atoms with Crippen LogP contribution in [0, 0.1) is 5.82 Å². The Hall–Kier alpha value is -0.850. The number of nitrogens with one attached hydrogen (secondary N) is 2. The van der Waals surface area contributed by atoms with E-state index in [2.05, 4.69) is 15.6 Å². The number of nitrogens with zero attached hydrogens (tertiary/aromatic N) is 1. The standard InChI is InChI=1S/C15H22FN3.HI/c1-17-15(19-13-7-3-4-8-13)18-11-10-12-6-2-5-9-14(12)16;/h2,5-6,9,13H,3-4,7-8,10-11H2,1H3,(H2,17,18,19);1H. The molecule has 1 aliphatic carbocycles. The minimum absolute atomic E-state index is 0. The summed E-state index contributed by atoms with van der Waals surface area (Å²) in [6.07, 6.45) is 5.69. The molecule has 0 radical (unpaired) electrons. The van der Waals surface area contributed by atoms with E-state index < -0.39 is 0 Å². The molecule has 3 nitrogen and oxygen atoms in total. The van der Waals surface area contributed by atoms with Gasteiger partial charge in [0.05, 0.1) is 0 Å². The van der Waals surface area contributed by atoms with Crippen molar-refractivity contribution in [2.45, 2.75) is 38.1 Å². The highest BCUT2D eigenvalue weighted by molar-refractivity contribution is 14.0. The Kier molecular flexibility index (Phi) is 7.87. The van der Waals surface area contributed by atoms with Crippen LogP contribution in [0.25, 0.3) is 0 Å². The number of hydrogen-bond donors (Lipinski definition) is 2. The van der Waals surface area contributed by atoms with Crippen molar-refractivity contribution in [3.63, 3.8) is 0 Å². The lowest BCUT2D eigenvalue weighted by Crippen LogP contribution is -2.43. The first-order valence-corrected chi connectivity index (χ1v) is 7.00. The quantitative estimate of drug-likeness (QED) is 0.470. The van der Waals surface area contributed by atoms with Gasteiger partial charge >= 0.3 is 0 Å². The minimum atomic E-state index is -0.136. The maximum Gasteiger partial charge on any atom is 0.191 e. The van der Waals surface area contributed by atoms with E-state index in [1.807, 2.05) is 12.1 Å². The second-order valence-electron chi connectivity index (χ2n) is 4.97. The van der Waals surface area contributed by atoms with Crippen LogP contribution >= 0.6 is 24.0 Å². The monoisotopic (exact) mass is 391 g/mol. The van der Waals surface area contributed by atoms with Crippen molar-refractivity contribution in [2.24, 2.45) is 4.99 Å². The van der Waals surface area contributed by atoms with Gasteiger partial charge in [0, 0.05) is 19.6 Å². The van der Waals surface area contributed by atoms with Crippen LogP contribution in [-0.2, 0) is 6.42 Å². The topological polar surface area (TPSA) is 36.4 Å². The molecule has 0 unspecified atom stereocenters. The normalized spacial score (nSPS) is 15.8. The van der Waals surface area contributed by atoms with Gasteiger partial charge in [-0.1, -0.05) is 31.0 Å². The summed E-state index contributed by atoms with van der Waals surface area (Å²) in [5, 5.41) is 6.66. The maximum absolute atomic E-state index is 13.4. The second kappa shape index (κ2) is 9.15. The molecule has 5 heteroatoms. The number of rotatable bonds is 4. The molecule has 2 rings (SSSR count). The van der Waals surface area contributed by atoms with Gasteiger partial charge in [0.1, 0.15) is 5.82 Å². The van der Waals surface area contributed by atoms with Crippen LogP contribution in [0.2, 0.25) is 0 Å². The van der Waals surface area contributed by atoms with E-state index in [1.54, 1.807) is 13.1 Å². The molecule has 0 bridgehead atoms. The fourth-order valence-electron chi connectivity index (χ4n) is 2.47. The SMILES string of the molecule is CN=C(NCCc1ccccc1F)NC1CCCC1.I. The zero-order valence-electron chi connectivity index (χ0n) is 11.9. The van der Waals surface area contributed by atoms with Crippen LogP contribution in [0.1, 0.15) is 31.2 Å². The van der Waals surface area contributed by atoms with Crippen LogP contribution in [0.5, 0.6) is 0 Å². The Bertz CT molecular complexity index is 431. The Balaban J connectivity index is 0.00000200. The van der Waals surface area contributed by atoms with Crippen molar-refractivity contribution in [3.05, 3.63) is 35.6 Å². The molecule has 1 aromatic carbocycles. The third-order valence-corrected chi connectivity index (χ3v) is 3.56. The lowest BCUT2D eigenvalue weighted by Gasteiger charge is -2.16. The Morgan fingerprint density at radius 3 is 2.65 bits per heavy atom. The third-order valence-electron chi connectivity index (χ3n) is 3.56. The highest BCUT2D eigenvalue weighted by atomic mass is 127. The summed E-state index contributed by atoms with van der Waals surface area (Å²) in [5.41, 5.74) is 0.742. The highest BCUT2D eigenvalue weighted by Crippen LogP contribution is 2.17. The molecule has 0 amide bonds. The number of guanidine groups is 1. The van der Waals surface area contributed by atoms with Crippen molar-refractivity contribution < 1.29 is 4.39 Å². The number of aliphatic imine (C=N–C) groups is 1. The molecule has 0 aromatic heterocycles. The van der Waals surface area contributed by atoms with Crippen LogP contribution < -0.4 is 10.6 Å². The van der Waals surface area contributed by atoms with E-state index in [0.717, 1.165) is 11.5 Å². The third kappa shape index (κ3) is 5.26. The van der Waals surface area contributed by atoms with E-state index in [1.165, 1.54) is 31.7 Å². The van der Waals surface area contributed by atoms with Gasteiger partial charge in [-0.2, -0.15) is 0 Å². The highest BCUT2D eigenvalue weighted by Gasteiger charge is 2.15. The Labute approximate surface area is 137 Å². The molecular weight excluding hydrogens is 368 g/mol. The molecule has 0 spiro atoms. The van der Waals surface area contributed by atoms with Crippen molar-refractivity contribution in [2.75, 3.05) is 13.6 Å². The average Bonchev–Trinajstić information content (AvgIpc) is 2.92. The van der Waals surface area contributed by atoms with Crippen molar-refractivity contribution in [1.82, 2.24) is 10.6 Å². The summed E-state index contributed by atoms with van der Waals surface area (Å²) in [6, 6.07) is 7.45. The zero-order chi connectivity index (χ0) is 13.5.